The van der Waals surface area contributed by atoms with Gasteiger partial charge >= 0.3 is 12.1 Å². The van der Waals surface area contributed by atoms with Gasteiger partial charge in [0.05, 0.1) is 19.5 Å². The molecule has 9 nitrogen and oxygen atoms in total. The number of methoxy groups -OCH3 is 1. The monoisotopic (exact) mass is 354 g/mol. The van der Waals surface area contributed by atoms with E-state index in [1.807, 2.05) is 0 Å². The third-order valence-corrected chi connectivity index (χ3v) is 3.71. The molecule has 0 fully saturated rings. The van der Waals surface area contributed by atoms with Crippen LogP contribution in [-0.4, -0.2) is 64.7 Å². The highest BCUT2D eigenvalue weighted by molar-refractivity contribution is 7.89. The highest BCUT2D eigenvalue weighted by atomic mass is 32.2. The van der Waals surface area contributed by atoms with Crippen LogP contribution in [0.2, 0.25) is 0 Å². The van der Waals surface area contributed by atoms with Crippen LogP contribution in [0.1, 0.15) is 27.7 Å². The van der Waals surface area contributed by atoms with Crippen molar-refractivity contribution in [2.45, 2.75) is 39.3 Å². The van der Waals surface area contributed by atoms with Crippen molar-refractivity contribution in [2.24, 2.45) is 0 Å². The lowest BCUT2D eigenvalue weighted by molar-refractivity contribution is -0.142. The fourth-order valence-corrected chi connectivity index (χ4v) is 2.47. The number of nitrogens with one attached hydrogen (secondary N) is 2. The van der Waals surface area contributed by atoms with E-state index in [-0.39, 0.29) is 18.9 Å². The first-order chi connectivity index (χ1) is 10.5. The molecule has 0 saturated carbocycles. The molecule has 136 valence electrons. The average molecular weight is 354 g/mol. The summed E-state index contributed by atoms with van der Waals surface area (Å²) in [5.41, 5.74) is -0.707. The van der Waals surface area contributed by atoms with Crippen molar-refractivity contribution in [3.05, 3.63) is 0 Å². The number of alkyl carbamates (subject to hydrolysis) is 1. The lowest BCUT2D eigenvalue weighted by Crippen LogP contribution is -2.50. The van der Waals surface area contributed by atoms with Gasteiger partial charge in [0.2, 0.25) is 10.0 Å². The summed E-state index contributed by atoms with van der Waals surface area (Å²) in [6.45, 7) is 6.87. The van der Waals surface area contributed by atoms with Gasteiger partial charge in [-0.2, -0.15) is 4.72 Å². The van der Waals surface area contributed by atoms with Crippen molar-refractivity contribution in [3.8, 4) is 0 Å². The van der Waals surface area contributed by atoms with E-state index in [0.29, 0.717) is 6.61 Å². The molecule has 0 aromatic heterocycles. The molecule has 1 atom stereocenters. The predicted octanol–water partition coefficient (Wildman–Crippen LogP) is 0.00860. The number of carbonyl (C=O) groups is 2. The van der Waals surface area contributed by atoms with E-state index >= 15 is 0 Å². The smallest absolute Gasteiger partial charge is 0.407 e. The van der Waals surface area contributed by atoms with Gasteiger partial charge in [-0.3, -0.25) is 4.79 Å². The van der Waals surface area contributed by atoms with Gasteiger partial charge < -0.3 is 19.5 Å². The van der Waals surface area contributed by atoms with Crippen LogP contribution < -0.4 is 10.0 Å². The van der Waals surface area contributed by atoms with Crippen molar-refractivity contribution in [1.82, 2.24) is 10.0 Å². The maximum atomic E-state index is 11.9. The van der Waals surface area contributed by atoms with Gasteiger partial charge in [0.1, 0.15) is 11.6 Å². The first-order valence-corrected chi connectivity index (χ1v) is 8.78. The van der Waals surface area contributed by atoms with Crippen molar-refractivity contribution in [3.63, 3.8) is 0 Å². The Morgan fingerprint density at radius 3 is 2.30 bits per heavy atom. The minimum atomic E-state index is -3.76. The molecule has 23 heavy (non-hydrogen) atoms. The number of rotatable bonds is 9. The largest absolute Gasteiger partial charge is 0.468 e. The SMILES string of the molecule is CCOCCS(=O)(=O)N[C@@H](CNC(=O)OC(C)(C)C)C(=O)OC. The molecule has 0 aliphatic rings. The Morgan fingerprint density at radius 1 is 1.22 bits per heavy atom. The number of carbonyl (C=O) groups excluding carboxylic acids is 2. The second-order valence-corrected chi connectivity index (χ2v) is 7.47. The number of hydrogen-bond acceptors (Lipinski definition) is 7. The van der Waals surface area contributed by atoms with Gasteiger partial charge in [-0.15, -0.1) is 0 Å². The number of hydrogen-bond donors (Lipinski definition) is 2. The Morgan fingerprint density at radius 2 is 1.83 bits per heavy atom. The van der Waals surface area contributed by atoms with Crippen molar-refractivity contribution < 1.29 is 32.2 Å². The molecular weight excluding hydrogens is 328 g/mol. The molecule has 0 aliphatic carbocycles. The molecule has 0 aliphatic heterocycles. The summed E-state index contributed by atoms with van der Waals surface area (Å²) in [5.74, 6) is -1.12. The third-order valence-electron chi connectivity index (χ3n) is 2.36. The fourth-order valence-electron chi connectivity index (χ4n) is 1.40. The second-order valence-electron chi connectivity index (χ2n) is 5.59. The number of sulfonamides is 1. The number of esters is 1. The second kappa shape index (κ2) is 9.68. The maximum Gasteiger partial charge on any atom is 0.407 e. The molecule has 0 bridgehead atoms. The highest BCUT2D eigenvalue weighted by Crippen LogP contribution is 2.06. The zero-order valence-corrected chi connectivity index (χ0v) is 15.0. The average Bonchev–Trinajstić information content (AvgIpc) is 2.40. The van der Waals surface area contributed by atoms with E-state index < -0.39 is 33.7 Å². The Hall–Kier alpha value is -1.39. The third kappa shape index (κ3) is 10.9. The van der Waals surface area contributed by atoms with Crippen LogP contribution in [0.5, 0.6) is 0 Å². The standard InChI is InChI=1S/C13H26N2O7S/c1-6-21-7-8-23(18,19)15-10(11(16)20-5)9-14-12(17)22-13(2,3)4/h10,15H,6-9H2,1-5H3,(H,14,17)/t10-/m0/s1. The van der Waals surface area contributed by atoms with E-state index in [2.05, 4.69) is 14.8 Å². The first kappa shape index (κ1) is 21.6. The van der Waals surface area contributed by atoms with Gasteiger partial charge in [0.15, 0.2) is 0 Å². The van der Waals surface area contributed by atoms with Crippen molar-refractivity contribution >= 4 is 22.1 Å². The molecule has 0 rings (SSSR count). The van der Waals surface area contributed by atoms with Gasteiger partial charge in [0, 0.05) is 13.2 Å². The van der Waals surface area contributed by atoms with E-state index in [1.165, 1.54) is 0 Å². The van der Waals surface area contributed by atoms with Crippen LogP contribution in [0.3, 0.4) is 0 Å². The zero-order valence-electron chi connectivity index (χ0n) is 14.2. The van der Waals surface area contributed by atoms with Gasteiger partial charge in [-0.05, 0) is 27.7 Å². The number of ether oxygens (including phenoxy) is 3. The summed E-state index contributed by atoms with van der Waals surface area (Å²) >= 11 is 0. The van der Waals surface area contributed by atoms with Crippen LogP contribution in [0.25, 0.3) is 0 Å². The summed E-state index contributed by atoms with van der Waals surface area (Å²) in [5, 5.41) is 2.32. The molecule has 0 saturated heterocycles. The summed E-state index contributed by atoms with van der Waals surface area (Å²) in [4.78, 5) is 23.2. The van der Waals surface area contributed by atoms with E-state index in [4.69, 9.17) is 9.47 Å². The van der Waals surface area contributed by atoms with E-state index in [1.54, 1.807) is 27.7 Å². The van der Waals surface area contributed by atoms with Crippen LogP contribution in [0, 0.1) is 0 Å². The Balaban J connectivity index is 4.65. The topological polar surface area (TPSA) is 120 Å². The zero-order chi connectivity index (χ0) is 18.1. The van der Waals surface area contributed by atoms with Gasteiger partial charge in [-0.1, -0.05) is 0 Å². The molecule has 0 spiro atoms. The molecule has 1 amide bonds. The first-order valence-electron chi connectivity index (χ1n) is 7.13. The minimum Gasteiger partial charge on any atom is -0.468 e. The quantitative estimate of drug-likeness (QED) is 0.442. The molecule has 0 heterocycles. The summed E-state index contributed by atoms with van der Waals surface area (Å²) in [6, 6.07) is -1.25. The molecule has 10 heteroatoms. The molecule has 0 aromatic rings. The van der Waals surface area contributed by atoms with Crippen molar-refractivity contribution in [1.29, 1.82) is 0 Å². The summed E-state index contributed by atoms with van der Waals surface area (Å²) < 4.78 is 40.4. The highest BCUT2D eigenvalue weighted by Gasteiger charge is 2.26. The molecular formula is C13H26N2O7S. The summed E-state index contributed by atoms with van der Waals surface area (Å²) in [7, 11) is -2.64. The predicted molar refractivity (Wildman–Crippen MR) is 83.5 cm³/mol. The van der Waals surface area contributed by atoms with Crippen LogP contribution >= 0.6 is 0 Å². The van der Waals surface area contributed by atoms with Crippen LogP contribution in [0.15, 0.2) is 0 Å². The fraction of sp³-hybridized carbons (Fsp3) is 0.846. The normalized spacial score (nSPS) is 13.3. The van der Waals surface area contributed by atoms with Crippen LogP contribution in [0.4, 0.5) is 4.79 Å². The molecule has 0 aromatic carbocycles. The molecule has 2 N–H and O–H groups in total. The van der Waals surface area contributed by atoms with E-state index in [0.717, 1.165) is 7.11 Å². The Kier molecular flexibility index (Phi) is 9.10. The Labute approximate surface area is 137 Å². The van der Waals surface area contributed by atoms with Gasteiger partial charge in [0.25, 0.3) is 0 Å². The maximum absolute atomic E-state index is 11.9. The van der Waals surface area contributed by atoms with E-state index in [9.17, 15) is 18.0 Å². The molecule has 0 unspecified atom stereocenters. The lowest BCUT2D eigenvalue weighted by atomic mass is 10.2. The molecule has 0 radical (unpaired) electrons. The van der Waals surface area contributed by atoms with Crippen LogP contribution in [-0.2, 0) is 29.0 Å². The van der Waals surface area contributed by atoms with Gasteiger partial charge in [-0.25, -0.2) is 13.2 Å². The Bertz CT molecular complexity index is 485. The van der Waals surface area contributed by atoms with Crippen molar-refractivity contribution in [2.75, 3.05) is 32.6 Å². The summed E-state index contributed by atoms with van der Waals surface area (Å²) in [6.07, 6.45) is -0.764. The lowest BCUT2D eigenvalue weighted by Gasteiger charge is -2.21. The minimum absolute atomic E-state index is 0.000773. The number of amides is 1.